The minimum absolute atomic E-state index is 0.211. The number of hydrogen-bond donors (Lipinski definition) is 2. The van der Waals surface area contributed by atoms with Crippen LogP contribution in [0, 0.1) is 0 Å². The van der Waals surface area contributed by atoms with Gasteiger partial charge in [0.1, 0.15) is 19.5 Å². The Bertz CT molecular complexity index is 1160. The van der Waals surface area contributed by atoms with Crippen LogP contribution in [-0.4, -0.2) is 27.4 Å². The van der Waals surface area contributed by atoms with Crippen molar-refractivity contribution in [3.8, 4) is 0 Å². The van der Waals surface area contributed by atoms with Gasteiger partial charge in [-0.05, 0) is 34.8 Å². The summed E-state index contributed by atoms with van der Waals surface area (Å²) in [7, 11) is 1.90. The molecule has 6 nitrogen and oxygen atoms in total. The van der Waals surface area contributed by atoms with Crippen molar-refractivity contribution in [1.82, 2.24) is 19.6 Å². The molecule has 0 fully saturated rings. The number of anilines is 2. The molecule has 4 rings (SSSR count). The fraction of sp³-hybridized carbons (Fsp3) is 0.150. The normalized spacial score (nSPS) is 11.6. The van der Waals surface area contributed by atoms with Gasteiger partial charge in [-0.25, -0.2) is 4.98 Å². The molecule has 0 saturated carbocycles. The predicted octanol–water partition coefficient (Wildman–Crippen LogP) is 2.63. The molecule has 152 valence electrons. The van der Waals surface area contributed by atoms with E-state index in [1.807, 2.05) is 20.0 Å². The van der Waals surface area contributed by atoms with Gasteiger partial charge in [0.25, 0.3) is 0 Å². The Morgan fingerprint density at radius 1 is 0.967 bits per heavy atom. The lowest BCUT2D eigenvalue weighted by Gasteiger charge is -2.13. The summed E-state index contributed by atoms with van der Waals surface area (Å²) in [6, 6.07) is 10.8. The lowest BCUT2D eigenvalue weighted by molar-refractivity contribution is -0.137. The van der Waals surface area contributed by atoms with Crippen LogP contribution < -0.4 is 16.1 Å². The molecule has 4 aromatic rings. The quantitative estimate of drug-likeness (QED) is 0.479. The van der Waals surface area contributed by atoms with E-state index in [-0.39, 0.29) is 6.54 Å². The highest BCUT2D eigenvalue weighted by Crippen LogP contribution is 2.29. The summed E-state index contributed by atoms with van der Waals surface area (Å²) in [4.78, 5) is 8.65. The number of halogens is 3. The highest BCUT2D eigenvalue weighted by molar-refractivity contribution is 6.36. The Morgan fingerprint density at radius 2 is 1.77 bits per heavy atom. The summed E-state index contributed by atoms with van der Waals surface area (Å²) in [5, 5.41) is 10.8. The van der Waals surface area contributed by atoms with E-state index >= 15 is 0 Å². The number of benzene rings is 1. The van der Waals surface area contributed by atoms with Crippen molar-refractivity contribution in [3.63, 3.8) is 0 Å². The van der Waals surface area contributed by atoms with Crippen molar-refractivity contribution in [2.75, 3.05) is 10.6 Å². The average Bonchev–Trinajstić information content (AvgIpc) is 3.12. The van der Waals surface area contributed by atoms with Crippen LogP contribution in [0.1, 0.15) is 16.7 Å². The van der Waals surface area contributed by atoms with Gasteiger partial charge in [0.15, 0.2) is 5.65 Å². The maximum Gasteiger partial charge on any atom is 0.416 e. The molecule has 0 aliphatic rings. The molecule has 3 aromatic heterocycles. The lowest BCUT2D eigenvalue weighted by Crippen LogP contribution is -2.12. The van der Waals surface area contributed by atoms with E-state index in [2.05, 4.69) is 25.7 Å². The number of hydrogen-bond acceptors (Lipinski definition) is 5. The first-order valence-electron chi connectivity index (χ1n) is 9.28. The second kappa shape index (κ2) is 8.06. The molecule has 0 atom stereocenters. The fourth-order valence-electron chi connectivity index (χ4n) is 3.03. The molecule has 30 heavy (non-hydrogen) atoms. The molecule has 2 N–H and O–H groups in total. The monoisotopic (exact) mass is 410 g/mol. The first kappa shape index (κ1) is 19.7. The fourth-order valence-corrected chi connectivity index (χ4v) is 3.03. The molecular weight excluding hydrogens is 392 g/mol. The molecular formula is C20H18BF3N6. The van der Waals surface area contributed by atoms with Gasteiger partial charge in [-0.1, -0.05) is 18.2 Å². The van der Waals surface area contributed by atoms with Crippen molar-refractivity contribution in [2.24, 2.45) is 0 Å². The van der Waals surface area contributed by atoms with Crippen molar-refractivity contribution < 1.29 is 13.2 Å². The smallest absolute Gasteiger partial charge is 0.366 e. The van der Waals surface area contributed by atoms with E-state index in [4.69, 9.17) is 0 Å². The van der Waals surface area contributed by atoms with Crippen LogP contribution in [0.5, 0.6) is 0 Å². The first-order chi connectivity index (χ1) is 14.4. The SMILES string of the molecule is Bc1cnn2c(NCc3cccnc3)cc(NCc3cccc(C(F)(F)F)c3)nc12. The van der Waals surface area contributed by atoms with Crippen molar-refractivity contribution in [1.29, 1.82) is 0 Å². The second-order valence-corrected chi connectivity index (χ2v) is 6.86. The van der Waals surface area contributed by atoms with Crippen LogP contribution in [0.3, 0.4) is 0 Å². The molecule has 0 aliphatic carbocycles. The van der Waals surface area contributed by atoms with E-state index in [0.717, 1.165) is 23.2 Å². The summed E-state index contributed by atoms with van der Waals surface area (Å²) >= 11 is 0. The van der Waals surface area contributed by atoms with Crippen molar-refractivity contribution in [2.45, 2.75) is 19.3 Å². The zero-order chi connectivity index (χ0) is 21.1. The number of aromatic nitrogens is 4. The Hall–Kier alpha value is -3.56. The van der Waals surface area contributed by atoms with Crippen molar-refractivity contribution in [3.05, 3.63) is 77.7 Å². The number of nitrogens with one attached hydrogen (secondary N) is 2. The summed E-state index contributed by atoms with van der Waals surface area (Å²) in [5.41, 5.74) is 2.40. The van der Waals surface area contributed by atoms with Gasteiger partial charge in [-0.3, -0.25) is 4.98 Å². The molecule has 10 heteroatoms. The number of alkyl halides is 3. The summed E-state index contributed by atoms with van der Waals surface area (Å²) in [6.07, 6.45) is 0.826. The minimum atomic E-state index is -4.37. The van der Waals surface area contributed by atoms with E-state index in [0.29, 0.717) is 29.4 Å². The standard InChI is InChI=1S/C20H18BF3N6/c21-16-12-28-30-18(27-11-14-4-2-6-25-9-14)8-17(29-19(16)30)26-10-13-3-1-5-15(7-13)20(22,23)24/h1-9,12,27H,10-11,21H2,(H,26,29). The van der Waals surface area contributed by atoms with Gasteiger partial charge < -0.3 is 10.6 Å². The second-order valence-electron chi connectivity index (χ2n) is 6.86. The predicted molar refractivity (Wildman–Crippen MR) is 111 cm³/mol. The minimum Gasteiger partial charge on any atom is -0.366 e. The molecule has 0 aliphatic heterocycles. The van der Waals surface area contributed by atoms with E-state index in [1.54, 1.807) is 35.2 Å². The highest BCUT2D eigenvalue weighted by atomic mass is 19.4. The molecule has 0 bridgehead atoms. The largest absolute Gasteiger partial charge is 0.416 e. The van der Waals surface area contributed by atoms with Gasteiger partial charge in [0.05, 0.1) is 5.56 Å². The number of fused-ring (bicyclic) bond motifs is 1. The third-order valence-corrected chi connectivity index (χ3v) is 4.57. The van der Waals surface area contributed by atoms with Gasteiger partial charge in [0, 0.05) is 37.7 Å². The Kier molecular flexibility index (Phi) is 5.30. The molecule has 0 spiro atoms. The number of pyridine rings is 1. The molecule has 3 heterocycles. The molecule has 0 unspecified atom stereocenters. The topological polar surface area (TPSA) is 67.1 Å². The van der Waals surface area contributed by atoms with Crippen molar-refractivity contribution >= 4 is 30.6 Å². The Labute approximate surface area is 171 Å². The zero-order valence-electron chi connectivity index (χ0n) is 16.1. The first-order valence-corrected chi connectivity index (χ1v) is 9.28. The molecule has 0 radical (unpaired) electrons. The number of rotatable bonds is 6. The van der Waals surface area contributed by atoms with Gasteiger partial charge >= 0.3 is 6.18 Å². The van der Waals surface area contributed by atoms with E-state index in [9.17, 15) is 13.2 Å². The van der Waals surface area contributed by atoms with Crippen LogP contribution >= 0.6 is 0 Å². The summed E-state index contributed by atoms with van der Waals surface area (Å²) in [6.45, 7) is 0.751. The molecule has 0 saturated heterocycles. The third kappa shape index (κ3) is 4.37. The van der Waals surface area contributed by atoms with E-state index in [1.165, 1.54) is 6.07 Å². The maximum atomic E-state index is 12.9. The van der Waals surface area contributed by atoms with Gasteiger partial charge in [-0.15, -0.1) is 0 Å². The maximum absolute atomic E-state index is 12.9. The van der Waals surface area contributed by atoms with Crippen LogP contribution in [0.25, 0.3) is 5.65 Å². The van der Waals surface area contributed by atoms with Crippen LogP contribution in [0.4, 0.5) is 24.8 Å². The highest BCUT2D eigenvalue weighted by Gasteiger charge is 2.30. The Balaban J connectivity index is 1.56. The summed E-state index contributed by atoms with van der Waals surface area (Å²) in [5.74, 6) is 1.25. The number of nitrogens with zero attached hydrogens (tertiary/aromatic N) is 4. The molecule has 1 aromatic carbocycles. The Morgan fingerprint density at radius 3 is 2.53 bits per heavy atom. The average molecular weight is 410 g/mol. The van der Waals surface area contributed by atoms with Gasteiger partial charge in [-0.2, -0.15) is 22.8 Å². The van der Waals surface area contributed by atoms with E-state index < -0.39 is 11.7 Å². The van der Waals surface area contributed by atoms with Gasteiger partial charge in [0.2, 0.25) is 0 Å². The third-order valence-electron chi connectivity index (χ3n) is 4.57. The zero-order valence-corrected chi connectivity index (χ0v) is 16.1. The van der Waals surface area contributed by atoms with Crippen LogP contribution in [0.2, 0.25) is 0 Å². The van der Waals surface area contributed by atoms with Crippen LogP contribution in [0.15, 0.2) is 61.1 Å². The van der Waals surface area contributed by atoms with Crippen LogP contribution in [-0.2, 0) is 19.3 Å². The summed E-state index contributed by atoms with van der Waals surface area (Å²) < 4.78 is 40.5. The lowest BCUT2D eigenvalue weighted by atomic mass is 10.0. The molecule has 0 amide bonds.